The number of carboxylic acid groups (broad SMARTS) is 1. The monoisotopic (exact) mass is 279 g/mol. The van der Waals surface area contributed by atoms with Crippen LogP contribution >= 0.6 is 0 Å². The highest BCUT2D eigenvalue weighted by molar-refractivity contribution is 5.98. The van der Waals surface area contributed by atoms with Gasteiger partial charge in [0.2, 0.25) is 5.91 Å². The molecule has 0 spiro atoms. The van der Waals surface area contributed by atoms with Gasteiger partial charge in [-0.3, -0.25) is 9.59 Å². The Morgan fingerprint density at radius 1 is 1.35 bits per heavy atom. The lowest BCUT2D eigenvalue weighted by atomic mass is 9.80. The second-order valence-electron chi connectivity index (χ2n) is 4.58. The Hall–Kier alpha value is -2.24. The van der Waals surface area contributed by atoms with Crippen molar-refractivity contribution in [1.82, 2.24) is 5.32 Å². The summed E-state index contributed by atoms with van der Waals surface area (Å²) < 4.78 is 10.6. The predicted octanol–water partition coefficient (Wildman–Crippen LogP) is 1.01. The first-order chi connectivity index (χ1) is 9.60. The molecule has 0 bridgehead atoms. The number of ether oxygens (including phenoxy) is 2. The molecule has 1 saturated heterocycles. The number of aliphatic carboxylic acids is 1. The number of amides is 1. The van der Waals surface area contributed by atoms with Gasteiger partial charge in [-0.1, -0.05) is 12.1 Å². The van der Waals surface area contributed by atoms with Gasteiger partial charge < -0.3 is 19.9 Å². The summed E-state index contributed by atoms with van der Waals surface area (Å²) in [5.74, 6) is -2.10. The number of carboxylic acids is 1. The van der Waals surface area contributed by atoms with E-state index in [1.807, 2.05) is 0 Å². The van der Waals surface area contributed by atoms with Gasteiger partial charge in [0.15, 0.2) is 11.5 Å². The molecular formula is C14H17NO5. The highest BCUT2D eigenvalue weighted by atomic mass is 16.5. The van der Waals surface area contributed by atoms with Crippen LogP contribution in [-0.2, 0) is 9.59 Å². The second kappa shape index (κ2) is 5.81. The summed E-state index contributed by atoms with van der Waals surface area (Å²) in [5, 5.41) is 11.9. The zero-order valence-electron chi connectivity index (χ0n) is 11.4. The maximum Gasteiger partial charge on any atom is 0.316 e. The maximum absolute atomic E-state index is 11.8. The van der Waals surface area contributed by atoms with Gasteiger partial charge in [-0.05, 0) is 12.5 Å². The Morgan fingerprint density at radius 3 is 2.70 bits per heavy atom. The molecule has 0 aliphatic carbocycles. The summed E-state index contributed by atoms with van der Waals surface area (Å²) in [4.78, 5) is 23.2. The van der Waals surface area contributed by atoms with Crippen molar-refractivity contribution >= 4 is 11.9 Å². The van der Waals surface area contributed by atoms with E-state index in [9.17, 15) is 14.7 Å². The summed E-state index contributed by atoms with van der Waals surface area (Å²) in [6.07, 6.45) is 0.548. The maximum atomic E-state index is 11.8. The van der Waals surface area contributed by atoms with E-state index in [4.69, 9.17) is 9.47 Å². The highest BCUT2D eigenvalue weighted by Gasteiger charge is 2.40. The number of hydrogen-bond acceptors (Lipinski definition) is 4. The van der Waals surface area contributed by atoms with Gasteiger partial charge >= 0.3 is 5.97 Å². The number of rotatable bonds is 4. The number of hydrogen-bond donors (Lipinski definition) is 2. The molecule has 6 nitrogen and oxygen atoms in total. The van der Waals surface area contributed by atoms with E-state index in [1.165, 1.54) is 14.2 Å². The van der Waals surface area contributed by atoms with Crippen LogP contribution in [0, 0.1) is 5.92 Å². The quantitative estimate of drug-likeness (QED) is 0.803. The zero-order valence-corrected chi connectivity index (χ0v) is 11.4. The average Bonchev–Trinajstić information content (AvgIpc) is 2.45. The molecule has 2 unspecified atom stereocenters. The van der Waals surface area contributed by atoms with E-state index in [2.05, 4.69) is 5.32 Å². The minimum atomic E-state index is -1.13. The van der Waals surface area contributed by atoms with Gasteiger partial charge in [-0.15, -0.1) is 0 Å². The van der Waals surface area contributed by atoms with Crippen LogP contribution < -0.4 is 14.8 Å². The molecule has 1 aromatic carbocycles. The highest BCUT2D eigenvalue weighted by Crippen LogP contribution is 2.41. The lowest BCUT2D eigenvalue weighted by Crippen LogP contribution is -2.44. The van der Waals surface area contributed by atoms with Gasteiger partial charge in [0.1, 0.15) is 5.92 Å². The summed E-state index contributed by atoms with van der Waals surface area (Å²) in [6.45, 7) is 0.452. The predicted molar refractivity (Wildman–Crippen MR) is 71.0 cm³/mol. The third kappa shape index (κ3) is 2.41. The van der Waals surface area contributed by atoms with Crippen LogP contribution in [0.5, 0.6) is 11.5 Å². The van der Waals surface area contributed by atoms with Crippen molar-refractivity contribution in [3.63, 3.8) is 0 Å². The molecule has 1 aliphatic heterocycles. The number of methoxy groups -OCH3 is 2. The van der Waals surface area contributed by atoms with Gasteiger partial charge in [0.25, 0.3) is 0 Å². The Morgan fingerprint density at radius 2 is 2.10 bits per heavy atom. The lowest BCUT2D eigenvalue weighted by Gasteiger charge is -2.29. The molecule has 2 rings (SSSR count). The molecule has 1 heterocycles. The third-order valence-corrected chi connectivity index (χ3v) is 3.54. The van der Waals surface area contributed by atoms with Crippen LogP contribution in [0.25, 0.3) is 0 Å². The molecule has 0 saturated carbocycles. The molecule has 2 atom stereocenters. The zero-order chi connectivity index (χ0) is 14.7. The fourth-order valence-electron chi connectivity index (χ4n) is 2.63. The van der Waals surface area contributed by atoms with Gasteiger partial charge in [0.05, 0.1) is 14.2 Å². The van der Waals surface area contributed by atoms with Crippen molar-refractivity contribution in [2.24, 2.45) is 5.92 Å². The van der Waals surface area contributed by atoms with Crippen LogP contribution in [0.3, 0.4) is 0 Å². The Bertz CT molecular complexity index is 528. The first-order valence-electron chi connectivity index (χ1n) is 6.31. The standard InChI is InChI=1S/C14H17NO5/c1-19-10-5-3-4-9(12(10)20-2)8-6-7-15-13(16)11(8)14(17)18/h3-5,8,11H,6-7H2,1-2H3,(H,15,16)(H,17,18). The molecule has 0 radical (unpaired) electrons. The van der Waals surface area contributed by atoms with Crippen molar-refractivity contribution in [3.8, 4) is 11.5 Å². The Balaban J connectivity index is 2.48. The topological polar surface area (TPSA) is 84.9 Å². The first-order valence-corrected chi connectivity index (χ1v) is 6.31. The number of piperidine rings is 1. The fraction of sp³-hybridized carbons (Fsp3) is 0.429. The molecule has 1 aromatic rings. The molecule has 2 N–H and O–H groups in total. The number of carbonyl (C=O) groups is 2. The lowest BCUT2D eigenvalue weighted by molar-refractivity contribution is -0.149. The molecule has 1 amide bonds. The van der Waals surface area contributed by atoms with Crippen LogP contribution in [0.2, 0.25) is 0 Å². The van der Waals surface area contributed by atoms with E-state index >= 15 is 0 Å². The van der Waals surface area contributed by atoms with Crippen molar-refractivity contribution in [1.29, 1.82) is 0 Å². The van der Waals surface area contributed by atoms with Crippen LogP contribution in [0.15, 0.2) is 18.2 Å². The largest absolute Gasteiger partial charge is 0.493 e. The van der Waals surface area contributed by atoms with Crippen LogP contribution in [-0.4, -0.2) is 37.7 Å². The molecular weight excluding hydrogens is 262 g/mol. The van der Waals surface area contributed by atoms with Crippen LogP contribution in [0.1, 0.15) is 17.9 Å². The number of benzene rings is 1. The Labute approximate surface area is 116 Å². The summed E-state index contributed by atoms with van der Waals surface area (Å²) >= 11 is 0. The SMILES string of the molecule is COc1cccc(C2CCNC(=O)C2C(=O)O)c1OC. The summed E-state index contributed by atoms with van der Waals surface area (Å²) in [5.41, 5.74) is 0.689. The van der Waals surface area contributed by atoms with Crippen LogP contribution in [0.4, 0.5) is 0 Å². The van der Waals surface area contributed by atoms with E-state index in [1.54, 1.807) is 18.2 Å². The fourth-order valence-corrected chi connectivity index (χ4v) is 2.63. The molecule has 0 aromatic heterocycles. The van der Waals surface area contributed by atoms with Crippen molar-refractivity contribution in [3.05, 3.63) is 23.8 Å². The van der Waals surface area contributed by atoms with Crippen molar-refractivity contribution < 1.29 is 24.2 Å². The van der Waals surface area contributed by atoms with E-state index in [-0.39, 0.29) is 0 Å². The van der Waals surface area contributed by atoms with Crippen molar-refractivity contribution in [2.75, 3.05) is 20.8 Å². The molecule has 108 valence electrons. The molecule has 1 fully saturated rings. The Kier molecular flexibility index (Phi) is 4.12. The summed E-state index contributed by atoms with van der Waals surface area (Å²) in [6, 6.07) is 5.28. The second-order valence-corrected chi connectivity index (χ2v) is 4.58. The van der Waals surface area contributed by atoms with Crippen molar-refractivity contribution in [2.45, 2.75) is 12.3 Å². The van der Waals surface area contributed by atoms with E-state index in [0.717, 1.165) is 0 Å². The number of nitrogens with one attached hydrogen (secondary N) is 1. The van der Waals surface area contributed by atoms with Gasteiger partial charge in [-0.25, -0.2) is 0 Å². The first kappa shape index (κ1) is 14.2. The number of para-hydroxylation sites is 1. The minimum Gasteiger partial charge on any atom is -0.493 e. The average molecular weight is 279 g/mol. The molecule has 1 aliphatic rings. The number of carbonyl (C=O) groups excluding carboxylic acids is 1. The summed E-state index contributed by atoms with van der Waals surface area (Å²) in [7, 11) is 3.02. The van der Waals surface area contributed by atoms with Gasteiger partial charge in [0, 0.05) is 18.0 Å². The normalized spacial score (nSPS) is 22.0. The van der Waals surface area contributed by atoms with Gasteiger partial charge in [-0.2, -0.15) is 0 Å². The smallest absolute Gasteiger partial charge is 0.316 e. The van der Waals surface area contributed by atoms with E-state index in [0.29, 0.717) is 30.0 Å². The molecule has 20 heavy (non-hydrogen) atoms. The minimum absolute atomic E-state index is 0.425. The third-order valence-electron chi connectivity index (χ3n) is 3.54. The van der Waals surface area contributed by atoms with E-state index < -0.39 is 23.7 Å². The molecule has 6 heteroatoms.